The highest BCUT2D eigenvalue weighted by molar-refractivity contribution is 5.86. The number of carbonyl (C=O) groups excluding carboxylic acids is 3. The van der Waals surface area contributed by atoms with E-state index in [2.05, 4.69) is 42.6 Å². The number of amides is 1. The molecule has 1 heterocycles. The van der Waals surface area contributed by atoms with Crippen LogP contribution in [0.1, 0.15) is 232 Å². The van der Waals surface area contributed by atoms with E-state index in [4.69, 9.17) is 23.7 Å². The molecule has 0 aliphatic carbocycles. The molecule has 1 fully saturated rings. The molecule has 1 N–H and O–H groups in total. The van der Waals surface area contributed by atoms with Crippen LogP contribution in [0.3, 0.4) is 0 Å². The lowest BCUT2D eigenvalue weighted by atomic mass is 10.1. The molecule has 11 nitrogen and oxygen atoms in total. The van der Waals surface area contributed by atoms with Gasteiger partial charge in [0, 0.05) is 45.9 Å². The number of allylic oxidation sites excluding steroid dienone is 1. The molecule has 1 rings (SSSR count). The first-order valence-electron chi connectivity index (χ1n) is 27.9. The Morgan fingerprint density at radius 1 is 0.530 bits per heavy atom. The molecular weight excluding hydrogens is 831 g/mol. The Morgan fingerprint density at radius 2 is 0.985 bits per heavy atom. The fourth-order valence-electron chi connectivity index (χ4n) is 8.46. The molecule has 1 saturated heterocycles. The molecule has 1 aliphatic rings. The maximum atomic E-state index is 13.3. The zero-order valence-corrected chi connectivity index (χ0v) is 43.4. The van der Waals surface area contributed by atoms with E-state index in [1.54, 1.807) is 0 Å². The molecule has 2 unspecified atom stereocenters. The van der Waals surface area contributed by atoms with Crippen LogP contribution in [0, 0.1) is 0 Å². The van der Waals surface area contributed by atoms with Crippen molar-refractivity contribution in [2.24, 2.45) is 0 Å². The number of ether oxygens (including phenoxy) is 5. The van der Waals surface area contributed by atoms with Crippen LogP contribution in [0.5, 0.6) is 0 Å². The van der Waals surface area contributed by atoms with Gasteiger partial charge in [-0.3, -0.25) is 4.79 Å². The topological polar surface area (TPSA) is 116 Å². The van der Waals surface area contributed by atoms with E-state index in [0.29, 0.717) is 26.2 Å². The average molecular weight is 936 g/mol. The summed E-state index contributed by atoms with van der Waals surface area (Å²) in [4.78, 5) is 44.2. The number of rotatable bonds is 49. The van der Waals surface area contributed by atoms with E-state index in [0.717, 1.165) is 90.5 Å². The van der Waals surface area contributed by atoms with Gasteiger partial charge < -0.3 is 38.8 Å². The zero-order chi connectivity index (χ0) is 47.8. The van der Waals surface area contributed by atoms with Crippen molar-refractivity contribution in [1.82, 2.24) is 15.1 Å². The Balaban J connectivity index is 2.61. The number of hydrogen-bond donors (Lipinski definition) is 1. The SMILES string of the molecule is C=CCCCCCCCCCOC(=O)CC(NC(=O)OCC(COCCCCCCCCCCCCCC)OCCCCCCCCCCCCCC)C(=O)OCCCN1CCN(C)CC1. The van der Waals surface area contributed by atoms with Crippen molar-refractivity contribution in [3.63, 3.8) is 0 Å². The molecule has 388 valence electrons. The molecule has 11 heteroatoms. The lowest BCUT2D eigenvalue weighted by Crippen LogP contribution is -2.45. The van der Waals surface area contributed by atoms with Gasteiger partial charge in [0.1, 0.15) is 18.8 Å². The quantitative estimate of drug-likeness (QED) is 0.0274. The molecule has 0 aromatic rings. The molecular formula is C55H105N3O8. The average Bonchev–Trinajstić information content (AvgIpc) is 3.31. The second-order valence-corrected chi connectivity index (χ2v) is 19.3. The van der Waals surface area contributed by atoms with E-state index >= 15 is 0 Å². The number of hydrogen-bond acceptors (Lipinski definition) is 10. The first-order chi connectivity index (χ1) is 32.4. The highest BCUT2D eigenvalue weighted by Crippen LogP contribution is 2.15. The van der Waals surface area contributed by atoms with Crippen LogP contribution in [0.15, 0.2) is 12.7 Å². The van der Waals surface area contributed by atoms with Crippen LogP contribution in [-0.2, 0) is 33.3 Å². The maximum Gasteiger partial charge on any atom is 0.407 e. The van der Waals surface area contributed by atoms with Crippen molar-refractivity contribution in [2.75, 3.05) is 79.4 Å². The van der Waals surface area contributed by atoms with Gasteiger partial charge in [-0.1, -0.05) is 193 Å². The van der Waals surface area contributed by atoms with Crippen LogP contribution < -0.4 is 5.32 Å². The monoisotopic (exact) mass is 936 g/mol. The van der Waals surface area contributed by atoms with Crippen molar-refractivity contribution in [3.05, 3.63) is 12.7 Å². The van der Waals surface area contributed by atoms with Gasteiger partial charge in [-0.25, -0.2) is 9.59 Å². The number of nitrogens with zero attached hydrogens (tertiary/aromatic N) is 2. The molecule has 0 spiro atoms. The normalized spacial score (nSPS) is 14.2. The fraction of sp³-hybridized carbons (Fsp3) is 0.909. The summed E-state index contributed by atoms with van der Waals surface area (Å²) < 4.78 is 29.1. The Hall–Kier alpha value is -2.21. The van der Waals surface area contributed by atoms with Gasteiger partial charge in [-0.15, -0.1) is 6.58 Å². The number of esters is 2. The summed E-state index contributed by atoms with van der Waals surface area (Å²) in [6.07, 6.45) is 40.5. The third-order valence-corrected chi connectivity index (χ3v) is 12.9. The summed E-state index contributed by atoms with van der Waals surface area (Å²) in [7, 11) is 2.12. The van der Waals surface area contributed by atoms with Crippen molar-refractivity contribution >= 4 is 18.0 Å². The molecule has 0 aromatic carbocycles. The molecule has 1 amide bonds. The largest absolute Gasteiger partial charge is 0.466 e. The second-order valence-electron chi connectivity index (χ2n) is 19.3. The van der Waals surface area contributed by atoms with E-state index in [-0.39, 0.29) is 26.2 Å². The van der Waals surface area contributed by atoms with Gasteiger partial charge in [0.05, 0.1) is 26.2 Å². The second kappa shape index (κ2) is 47.8. The van der Waals surface area contributed by atoms with Crippen molar-refractivity contribution < 1.29 is 38.1 Å². The number of carbonyl (C=O) groups is 3. The zero-order valence-electron chi connectivity index (χ0n) is 43.4. The summed E-state index contributed by atoms with van der Waals surface area (Å²) in [5.41, 5.74) is 0. The third kappa shape index (κ3) is 40.8. The summed E-state index contributed by atoms with van der Waals surface area (Å²) in [6, 6.07) is -1.22. The number of nitrogens with one attached hydrogen (secondary N) is 1. The first-order valence-corrected chi connectivity index (χ1v) is 27.9. The molecule has 0 saturated carbocycles. The minimum Gasteiger partial charge on any atom is -0.466 e. The van der Waals surface area contributed by atoms with Gasteiger partial charge in [-0.05, 0) is 45.6 Å². The molecule has 0 bridgehead atoms. The van der Waals surface area contributed by atoms with Crippen molar-refractivity contribution in [3.8, 4) is 0 Å². The standard InChI is InChI=1S/C55H105N3O8/c1-5-8-11-14-17-20-22-24-27-29-32-35-44-62-49-51(63-45-36-33-30-28-25-23-21-18-15-12-9-6-2)50-66-55(61)56-52(54(60)65-47-38-39-58-42-40-57(4)41-43-58)48-53(59)64-46-37-34-31-26-19-16-13-10-7-3/h7,51-52H,3,5-6,8-50H2,1-2,4H3,(H,56,61). The lowest BCUT2D eigenvalue weighted by Gasteiger charge is -2.32. The molecule has 66 heavy (non-hydrogen) atoms. The minimum atomic E-state index is -1.22. The number of alkyl carbamates (subject to hydrolysis) is 1. The molecule has 1 aliphatic heterocycles. The summed E-state index contributed by atoms with van der Waals surface area (Å²) in [5, 5.41) is 2.62. The van der Waals surface area contributed by atoms with Gasteiger partial charge in [0.25, 0.3) is 0 Å². The van der Waals surface area contributed by atoms with E-state index in [1.165, 1.54) is 148 Å². The molecule has 0 aromatic heterocycles. The van der Waals surface area contributed by atoms with Crippen LogP contribution in [0.2, 0.25) is 0 Å². The first kappa shape index (κ1) is 61.8. The third-order valence-electron chi connectivity index (χ3n) is 12.9. The van der Waals surface area contributed by atoms with Crippen LogP contribution in [-0.4, -0.2) is 119 Å². The van der Waals surface area contributed by atoms with Gasteiger partial charge in [0.2, 0.25) is 0 Å². The number of piperazine rings is 1. The number of likely N-dealkylation sites (N-methyl/N-ethyl adjacent to an activating group) is 1. The Kier molecular flexibility index (Phi) is 44.8. The summed E-state index contributed by atoms with van der Waals surface area (Å²) in [6.45, 7) is 15.1. The highest BCUT2D eigenvalue weighted by atomic mass is 16.6. The molecule has 2 atom stereocenters. The fourth-order valence-corrected chi connectivity index (χ4v) is 8.46. The predicted molar refractivity (Wildman–Crippen MR) is 273 cm³/mol. The van der Waals surface area contributed by atoms with Gasteiger partial charge in [-0.2, -0.15) is 0 Å². The number of unbranched alkanes of at least 4 members (excludes halogenated alkanes) is 29. The summed E-state index contributed by atoms with van der Waals surface area (Å²) in [5.74, 6) is -1.21. The van der Waals surface area contributed by atoms with Crippen LogP contribution in [0.25, 0.3) is 0 Å². The van der Waals surface area contributed by atoms with Crippen LogP contribution >= 0.6 is 0 Å². The predicted octanol–water partition coefficient (Wildman–Crippen LogP) is 13.3. The Bertz CT molecular complexity index is 1100. The Labute approximate surface area is 406 Å². The van der Waals surface area contributed by atoms with Gasteiger partial charge in [0.15, 0.2) is 0 Å². The minimum absolute atomic E-state index is 0.0198. The van der Waals surface area contributed by atoms with Crippen LogP contribution in [0.4, 0.5) is 4.79 Å². The van der Waals surface area contributed by atoms with Gasteiger partial charge >= 0.3 is 18.0 Å². The smallest absolute Gasteiger partial charge is 0.407 e. The maximum absolute atomic E-state index is 13.3. The van der Waals surface area contributed by atoms with E-state index in [9.17, 15) is 14.4 Å². The molecule has 0 radical (unpaired) electrons. The van der Waals surface area contributed by atoms with Crippen molar-refractivity contribution in [1.29, 1.82) is 0 Å². The lowest BCUT2D eigenvalue weighted by molar-refractivity contribution is -0.152. The van der Waals surface area contributed by atoms with Crippen molar-refractivity contribution in [2.45, 2.75) is 244 Å². The van der Waals surface area contributed by atoms with E-state index in [1.807, 2.05) is 6.08 Å². The highest BCUT2D eigenvalue weighted by Gasteiger charge is 2.28. The summed E-state index contributed by atoms with van der Waals surface area (Å²) >= 11 is 0. The van der Waals surface area contributed by atoms with E-state index < -0.39 is 30.2 Å². The Morgan fingerprint density at radius 3 is 1.50 bits per heavy atom.